The Morgan fingerprint density at radius 2 is 2.00 bits per heavy atom. The predicted molar refractivity (Wildman–Crippen MR) is 79.7 cm³/mol. The predicted octanol–water partition coefficient (Wildman–Crippen LogP) is 3.03. The third kappa shape index (κ3) is 2.70. The minimum Gasteiger partial charge on any atom is -0.496 e. The Balaban J connectivity index is 2.04. The number of carboxylic acids is 1. The fourth-order valence-corrected chi connectivity index (χ4v) is 2.67. The summed E-state index contributed by atoms with van der Waals surface area (Å²) in [6, 6.07) is 13.0. The van der Waals surface area contributed by atoms with Crippen LogP contribution in [0.15, 0.2) is 42.5 Å². The lowest BCUT2D eigenvalue weighted by Gasteiger charge is -2.19. The zero-order chi connectivity index (χ0) is 15.5. The summed E-state index contributed by atoms with van der Waals surface area (Å²) < 4.78 is 16.1. The second-order valence-electron chi connectivity index (χ2n) is 5.01. The lowest BCUT2D eigenvalue weighted by molar-refractivity contribution is -0.137. The van der Waals surface area contributed by atoms with Crippen LogP contribution in [0.4, 0.5) is 0 Å². The minimum atomic E-state index is -0.867. The molecule has 0 saturated carbocycles. The zero-order valence-electron chi connectivity index (χ0n) is 12.1. The van der Waals surface area contributed by atoms with Crippen molar-refractivity contribution in [3.05, 3.63) is 53.6 Å². The molecule has 0 fully saturated rings. The zero-order valence-corrected chi connectivity index (χ0v) is 12.1. The fourth-order valence-electron chi connectivity index (χ4n) is 2.67. The van der Waals surface area contributed by atoms with Gasteiger partial charge in [0.05, 0.1) is 13.5 Å². The molecule has 22 heavy (non-hydrogen) atoms. The van der Waals surface area contributed by atoms with Crippen LogP contribution in [0.1, 0.15) is 23.5 Å². The summed E-state index contributed by atoms with van der Waals surface area (Å²) in [5.41, 5.74) is 1.70. The van der Waals surface area contributed by atoms with Gasteiger partial charge in [0.15, 0.2) is 11.5 Å². The average Bonchev–Trinajstić information content (AvgIpc) is 3.00. The molecule has 0 unspecified atom stereocenters. The van der Waals surface area contributed by atoms with Gasteiger partial charge in [0.2, 0.25) is 6.79 Å². The molecule has 5 heteroatoms. The Morgan fingerprint density at radius 3 is 2.77 bits per heavy atom. The van der Waals surface area contributed by atoms with Gasteiger partial charge in [0.25, 0.3) is 0 Å². The Morgan fingerprint density at radius 1 is 1.23 bits per heavy atom. The smallest absolute Gasteiger partial charge is 0.304 e. The molecular formula is C17H16O5. The van der Waals surface area contributed by atoms with Gasteiger partial charge in [-0.25, -0.2) is 0 Å². The van der Waals surface area contributed by atoms with Crippen molar-refractivity contribution in [2.45, 2.75) is 12.3 Å². The highest BCUT2D eigenvalue weighted by atomic mass is 16.7. The molecule has 1 atom stereocenters. The number of fused-ring (bicyclic) bond motifs is 1. The second kappa shape index (κ2) is 5.97. The molecule has 0 aliphatic carbocycles. The van der Waals surface area contributed by atoms with Crippen molar-refractivity contribution >= 4 is 5.97 Å². The van der Waals surface area contributed by atoms with E-state index in [1.165, 1.54) is 0 Å². The van der Waals surface area contributed by atoms with Crippen molar-refractivity contribution in [1.29, 1.82) is 0 Å². The minimum absolute atomic E-state index is 0.0278. The molecule has 0 aromatic heterocycles. The SMILES string of the molecule is COc1ccccc1[C@H](CC(=O)O)c1ccc2c(c1)OCO2. The number of hydrogen-bond acceptors (Lipinski definition) is 4. The molecule has 114 valence electrons. The van der Waals surface area contributed by atoms with Gasteiger partial charge in [-0.05, 0) is 23.8 Å². The van der Waals surface area contributed by atoms with Crippen molar-refractivity contribution in [2.75, 3.05) is 13.9 Å². The molecule has 1 aliphatic heterocycles. The standard InChI is InChI=1S/C17H16O5/c1-20-14-5-3-2-4-12(14)13(9-17(18)19)11-6-7-15-16(8-11)22-10-21-15/h2-8,13H,9-10H2,1H3,(H,18,19)/t13-/m1/s1. The van der Waals surface area contributed by atoms with Crippen LogP contribution in [-0.2, 0) is 4.79 Å². The molecule has 1 heterocycles. The highest BCUT2D eigenvalue weighted by molar-refractivity contribution is 5.69. The van der Waals surface area contributed by atoms with Gasteiger partial charge in [-0.3, -0.25) is 4.79 Å². The van der Waals surface area contributed by atoms with Crippen LogP contribution in [0, 0.1) is 0 Å². The van der Waals surface area contributed by atoms with Crippen LogP contribution < -0.4 is 14.2 Å². The Kier molecular flexibility index (Phi) is 3.87. The topological polar surface area (TPSA) is 65.0 Å². The van der Waals surface area contributed by atoms with E-state index in [9.17, 15) is 9.90 Å². The first-order chi connectivity index (χ1) is 10.7. The molecule has 2 aromatic rings. The monoisotopic (exact) mass is 300 g/mol. The summed E-state index contributed by atoms with van der Waals surface area (Å²) in [7, 11) is 1.58. The molecule has 0 amide bonds. The third-order valence-corrected chi connectivity index (χ3v) is 3.69. The van der Waals surface area contributed by atoms with E-state index >= 15 is 0 Å². The van der Waals surface area contributed by atoms with Crippen molar-refractivity contribution in [1.82, 2.24) is 0 Å². The summed E-state index contributed by atoms with van der Waals surface area (Å²) in [4.78, 5) is 11.3. The molecule has 0 bridgehead atoms. The van der Waals surface area contributed by atoms with E-state index in [0.29, 0.717) is 17.2 Å². The van der Waals surface area contributed by atoms with Crippen LogP contribution >= 0.6 is 0 Å². The maximum absolute atomic E-state index is 11.3. The van der Waals surface area contributed by atoms with Gasteiger partial charge in [-0.1, -0.05) is 24.3 Å². The van der Waals surface area contributed by atoms with Crippen LogP contribution in [0.2, 0.25) is 0 Å². The number of aliphatic carboxylic acids is 1. The first-order valence-electron chi connectivity index (χ1n) is 6.93. The molecule has 5 nitrogen and oxygen atoms in total. The van der Waals surface area contributed by atoms with Gasteiger partial charge >= 0.3 is 5.97 Å². The van der Waals surface area contributed by atoms with Gasteiger partial charge < -0.3 is 19.3 Å². The summed E-state index contributed by atoms with van der Waals surface area (Å²) in [6.07, 6.45) is -0.0278. The van der Waals surface area contributed by atoms with E-state index in [-0.39, 0.29) is 19.1 Å². The number of rotatable bonds is 5. The maximum Gasteiger partial charge on any atom is 0.304 e. The molecule has 1 aliphatic rings. The molecule has 3 rings (SSSR count). The van der Waals surface area contributed by atoms with E-state index in [4.69, 9.17) is 14.2 Å². The van der Waals surface area contributed by atoms with Crippen molar-refractivity contribution in [3.8, 4) is 17.2 Å². The molecular weight excluding hydrogens is 284 g/mol. The van der Waals surface area contributed by atoms with Crippen molar-refractivity contribution in [3.63, 3.8) is 0 Å². The number of carbonyl (C=O) groups is 1. The maximum atomic E-state index is 11.3. The summed E-state index contributed by atoms with van der Waals surface area (Å²) in [5.74, 6) is 0.809. The van der Waals surface area contributed by atoms with Crippen LogP contribution in [0.25, 0.3) is 0 Å². The number of benzene rings is 2. The van der Waals surface area contributed by atoms with Crippen LogP contribution in [0.5, 0.6) is 17.2 Å². The Hall–Kier alpha value is -2.69. The highest BCUT2D eigenvalue weighted by Crippen LogP contribution is 2.39. The number of hydrogen-bond donors (Lipinski definition) is 1. The normalized spacial score (nSPS) is 13.7. The first kappa shape index (κ1) is 14.3. The highest BCUT2D eigenvalue weighted by Gasteiger charge is 2.23. The third-order valence-electron chi connectivity index (χ3n) is 3.69. The molecule has 2 aromatic carbocycles. The number of methoxy groups -OCH3 is 1. The van der Waals surface area contributed by atoms with E-state index in [1.807, 2.05) is 42.5 Å². The molecule has 0 spiro atoms. The molecule has 0 saturated heterocycles. The van der Waals surface area contributed by atoms with E-state index in [0.717, 1.165) is 11.1 Å². The van der Waals surface area contributed by atoms with E-state index in [1.54, 1.807) is 7.11 Å². The Bertz CT molecular complexity index is 695. The fraction of sp³-hybridized carbons (Fsp3) is 0.235. The van der Waals surface area contributed by atoms with E-state index in [2.05, 4.69) is 0 Å². The molecule has 0 radical (unpaired) electrons. The van der Waals surface area contributed by atoms with Gasteiger partial charge in [0, 0.05) is 11.5 Å². The number of para-hydroxylation sites is 1. The average molecular weight is 300 g/mol. The first-order valence-corrected chi connectivity index (χ1v) is 6.93. The van der Waals surface area contributed by atoms with Crippen LogP contribution in [-0.4, -0.2) is 25.0 Å². The van der Waals surface area contributed by atoms with Gasteiger partial charge in [-0.15, -0.1) is 0 Å². The lowest BCUT2D eigenvalue weighted by atomic mass is 9.87. The lowest BCUT2D eigenvalue weighted by Crippen LogP contribution is -2.09. The van der Waals surface area contributed by atoms with Crippen molar-refractivity contribution < 1.29 is 24.1 Å². The van der Waals surface area contributed by atoms with Crippen molar-refractivity contribution in [2.24, 2.45) is 0 Å². The number of carboxylic acid groups (broad SMARTS) is 1. The van der Waals surface area contributed by atoms with E-state index < -0.39 is 5.97 Å². The summed E-state index contributed by atoms with van der Waals surface area (Å²) >= 11 is 0. The molecule has 1 N–H and O–H groups in total. The summed E-state index contributed by atoms with van der Waals surface area (Å²) in [5, 5.41) is 9.27. The van der Waals surface area contributed by atoms with Gasteiger partial charge in [-0.2, -0.15) is 0 Å². The quantitative estimate of drug-likeness (QED) is 0.919. The number of ether oxygens (including phenoxy) is 3. The second-order valence-corrected chi connectivity index (χ2v) is 5.01. The largest absolute Gasteiger partial charge is 0.496 e. The summed E-state index contributed by atoms with van der Waals surface area (Å²) in [6.45, 7) is 0.192. The van der Waals surface area contributed by atoms with Gasteiger partial charge in [0.1, 0.15) is 5.75 Å². The Labute approximate surface area is 128 Å². The van der Waals surface area contributed by atoms with Crippen LogP contribution in [0.3, 0.4) is 0 Å².